The molecular formula is C10H16BrNOS. The van der Waals surface area contributed by atoms with Gasteiger partial charge >= 0.3 is 0 Å². The molecule has 0 aliphatic carbocycles. The highest BCUT2D eigenvalue weighted by molar-refractivity contribution is 9.10. The average Bonchev–Trinajstić information content (AvgIpc) is 2.59. The Labute approximate surface area is 97.8 Å². The summed E-state index contributed by atoms with van der Waals surface area (Å²) in [6.07, 6.45) is 1.25. The number of methoxy groups -OCH3 is 1. The Morgan fingerprint density at radius 2 is 2.36 bits per heavy atom. The van der Waals surface area contributed by atoms with Crippen molar-refractivity contribution in [1.82, 2.24) is 5.32 Å². The first-order valence-electron chi connectivity index (χ1n) is 4.60. The minimum atomic E-state index is 0.237. The van der Waals surface area contributed by atoms with E-state index in [1.165, 1.54) is 4.88 Å². The molecule has 1 aromatic rings. The van der Waals surface area contributed by atoms with Crippen LogP contribution in [0.4, 0.5) is 0 Å². The summed E-state index contributed by atoms with van der Waals surface area (Å²) in [4.78, 5) is 1.38. The van der Waals surface area contributed by atoms with E-state index in [1.807, 2.05) is 7.05 Å². The Morgan fingerprint density at radius 1 is 1.64 bits per heavy atom. The van der Waals surface area contributed by atoms with Gasteiger partial charge < -0.3 is 10.1 Å². The van der Waals surface area contributed by atoms with E-state index in [4.69, 9.17) is 4.74 Å². The summed E-state index contributed by atoms with van der Waals surface area (Å²) >= 11 is 5.24. The number of nitrogens with one attached hydrogen (secondary N) is 1. The summed E-state index contributed by atoms with van der Waals surface area (Å²) in [5.41, 5.74) is 0. The molecule has 14 heavy (non-hydrogen) atoms. The molecule has 0 aliphatic heterocycles. The molecule has 1 N–H and O–H groups in total. The predicted molar refractivity (Wildman–Crippen MR) is 65.0 cm³/mol. The lowest BCUT2D eigenvalue weighted by Gasteiger charge is -2.21. The van der Waals surface area contributed by atoms with Crippen LogP contribution >= 0.6 is 27.3 Å². The molecule has 1 heterocycles. The van der Waals surface area contributed by atoms with Crippen LogP contribution < -0.4 is 5.32 Å². The summed E-state index contributed by atoms with van der Waals surface area (Å²) in [5.74, 6) is 0. The quantitative estimate of drug-likeness (QED) is 0.894. The maximum absolute atomic E-state index is 5.31. The van der Waals surface area contributed by atoms with E-state index >= 15 is 0 Å². The second-order valence-corrected chi connectivity index (χ2v) is 5.18. The van der Waals surface area contributed by atoms with Crippen LogP contribution in [0, 0.1) is 0 Å². The van der Waals surface area contributed by atoms with Gasteiger partial charge in [0, 0.05) is 27.9 Å². The number of hydrogen-bond donors (Lipinski definition) is 1. The maximum atomic E-state index is 5.31. The van der Waals surface area contributed by atoms with Crippen molar-refractivity contribution in [3.8, 4) is 0 Å². The van der Waals surface area contributed by atoms with Crippen molar-refractivity contribution in [3.63, 3.8) is 0 Å². The first-order chi connectivity index (χ1) is 6.67. The molecule has 0 bridgehead atoms. The average molecular weight is 278 g/mol. The summed E-state index contributed by atoms with van der Waals surface area (Å²) < 4.78 is 6.48. The minimum Gasteiger partial charge on any atom is -0.380 e. The van der Waals surface area contributed by atoms with Crippen molar-refractivity contribution in [2.24, 2.45) is 0 Å². The van der Waals surface area contributed by atoms with Crippen molar-refractivity contribution in [2.45, 2.75) is 25.5 Å². The molecule has 0 spiro atoms. The molecule has 2 atom stereocenters. The van der Waals surface area contributed by atoms with Crippen molar-refractivity contribution in [3.05, 3.63) is 20.8 Å². The molecule has 1 rings (SSSR count). The SMILES string of the molecule is CNC(Cc1cc(Br)cs1)C(C)OC. The maximum Gasteiger partial charge on any atom is 0.0699 e. The van der Waals surface area contributed by atoms with E-state index in [-0.39, 0.29) is 6.10 Å². The fraction of sp³-hybridized carbons (Fsp3) is 0.600. The van der Waals surface area contributed by atoms with Gasteiger partial charge in [-0.15, -0.1) is 11.3 Å². The van der Waals surface area contributed by atoms with Crippen LogP contribution in [0.2, 0.25) is 0 Å². The summed E-state index contributed by atoms with van der Waals surface area (Å²) in [7, 11) is 3.72. The van der Waals surface area contributed by atoms with Gasteiger partial charge in [0.25, 0.3) is 0 Å². The lowest BCUT2D eigenvalue weighted by molar-refractivity contribution is 0.0859. The Kier molecular flexibility index (Phi) is 5.09. The second-order valence-electron chi connectivity index (χ2n) is 3.27. The third-order valence-electron chi connectivity index (χ3n) is 2.35. The van der Waals surface area contributed by atoms with Crippen molar-refractivity contribution < 1.29 is 4.74 Å². The van der Waals surface area contributed by atoms with Gasteiger partial charge in [0.05, 0.1) is 6.10 Å². The van der Waals surface area contributed by atoms with Gasteiger partial charge in [-0.2, -0.15) is 0 Å². The third kappa shape index (κ3) is 3.35. The number of rotatable bonds is 5. The van der Waals surface area contributed by atoms with Gasteiger partial charge in [0.2, 0.25) is 0 Å². The molecule has 0 aliphatic rings. The van der Waals surface area contributed by atoms with Crippen LogP contribution in [-0.4, -0.2) is 26.3 Å². The molecule has 0 aromatic carbocycles. The van der Waals surface area contributed by atoms with E-state index in [0.717, 1.165) is 10.9 Å². The normalized spacial score (nSPS) is 15.4. The molecular weight excluding hydrogens is 262 g/mol. The van der Waals surface area contributed by atoms with E-state index in [2.05, 4.69) is 39.6 Å². The first-order valence-corrected chi connectivity index (χ1v) is 6.27. The third-order valence-corrected chi connectivity index (χ3v) is 4.07. The van der Waals surface area contributed by atoms with Crippen LogP contribution in [-0.2, 0) is 11.2 Å². The minimum absolute atomic E-state index is 0.237. The van der Waals surface area contributed by atoms with Gasteiger partial charge in [-0.05, 0) is 42.4 Å². The predicted octanol–water partition coefficient (Wildman–Crippen LogP) is 2.68. The molecule has 1 aromatic heterocycles. The first kappa shape index (κ1) is 12.2. The zero-order chi connectivity index (χ0) is 10.6. The monoisotopic (exact) mass is 277 g/mol. The molecule has 0 saturated heterocycles. The topological polar surface area (TPSA) is 21.3 Å². The molecule has 0 amide bonds. The van der Waals surface area contributed by atoms with E-state index < -0.39 is 0 Å². The Bertz CT molecular complexity index is 277. The highest BCUT2D eigenvalue weighted by Gasteiger charge is 2.15. The van der Waals surface area contributed by atoms with Gasteiger partial charge in [-0.25, -0.2) is 0 Å². The number of halogens is 1. The summed E-state index contributed by atoms with van der Waals surface area (Å²) in [6.45, 7) is 2.09. The number of ether oxygens (including phenoxy) is 1. The molecule has 80 valence electrons. The molecule has 0 fully saturated rings. The summed E-state index contributed by atoms with van der Waals surface area (Å²) in [5, 5.41) is 5.39. The molecule has 2 unspecified atom stereocenters. The lowest BCUT2D eigenvalue weighted by Crippen LogP contribution is -2.38. The highest BCUT2D eigenvalue weighted by atomic mass is 79.9. The molecule has 0 radical (unpaired) electrons. The van der Waals surface area contributed by atoms with Gasteiger partial charge in [-0.3, -0.25) is 0 Å². The number of likely N-dealkylation sites (N-methyl/N-ethyl adjacent to an activating group) is 1. The van der Waals surface area contributed by atoms with Crippen LogP contribution in [0.5, 0.6) is 0 Å². The van der Waals surface area contributed by atoms with Gasteiger partial charge in [0.15, 0.2) is 0 Å². The summed E-state index contributed by atoms with van der Waals surface area (Å²) in [6, 6.07) is 2.54. The van der Waals surface area contributed by atoms with E-state index in [9.17, 15) is 0 Å². The number of hydrogen-bond acceptors (Lipinski definition) is 3. The zero-order valence-corrected chi connectivity index (χ0v) is 11.1. The Hall–Kier alpha value is 0.1000. The Balaban J connectivity index is 2.56. The highest BCUT2D eigenvalue weighted by Crippen LogP contribution is 2.21. The van der Waals surface area contributed by atoms with Crippen LogP contribution in [0.3, 0.4) is 0 Å². The standard InChI is InChI=1S/C10H16BrNOS/c1-7(13-3)10(12-2)5-9-4-8(11)6-14-9/h4,6-7,10,12H,5H2,1-3H3. The Morgan fingerprint density at radius 3 is 2.79 bits per heavy atom. The fourth-order valence-corrected chi connectivity index (χ4v) is 2.86. The van der Waals surface area contributed by atoms with E-state index in [1.54, 1.807) is 18.4 Å². The van der Waals surface area contributed by atoms with Crippen molar-refractivity contribution in [2.75, 3.05) is 14.2 Å². The zero-order valence-electron chi connectivity index (χ0n) is 8.71. The van der Waals surface area contributed by atoms with Crippen LogP contribution in [0.25, 0.3) is 0 Å². The van der Waals surface area contributed by atoms with Crippen molar-refractivity contribution in [1.29, 1.82) is 0 Å². The smallest absolute Gasteiger partial charge is 0.0699 e. The van der Waals surface area contributed by atoms with Crippen LogP contribution in [0.15, 0.2) is 15.9 Å². The van der Waals surface area contributed by atoms with Gasteiger partial charge in [0.1, 0.15) is 0 Å². The van der Waals surface area contributed by atoms with Gasteiger partial charge in [-0.1, -0.05) is 0 Å². The van der Waals surface area contributed by atoms with Crippen molar-refractivity contribution >= 4 is 27.3 Å². The number of thiophene rings is 1. The van der Waals surface area contributed by atoms with Crippen LogP contribution in [0.1, 0.15) is 11.8 Å². The molecule has 2 nitrogen and oxygen atoms in total. The molecule has 4 heteroatoms. The lowest BCUT2D eigenvalue weighted by atomic mass is 10.1. The fourth-order valence-electron chi connectivity index (χ4n) is 1.34. The largest absolute Gasteiger partial charge is 0.380 e. The second kappa shape index (κ2) is 5.85. The van der Waals surface area contributed by atoms with E-state index in [0.29, 0.717) is 6.04 Å². The molecule has 0 saturated carbocycles.